The van der Waals surface area contributed by atoms with Crippen molar-refractivity contribution in [2.24, 2.45) is 0 Å². The number of H-pyrrole nitrogens is 1. The van der Waals surface area contributed by atoms with Crippen molar-refractivity contribution in [2.45, 2.75) is 38.7 Å². The summed E-state index contributed by atoms with van der Waals surface area (Å²) in [4.78, 5) is 0. The molecule has 4 nitrogen and oxygen atoms in total. The summed E-state index contributed by atoms with van der Waals surface area (Å²) >= 11 is 7.24. The van der Waals surface area contributed by atoms with Gasteiger partial charge < -0.3 is 9.47 Å². The van der Waals surface area contributed by atoms with Gasteiger partial charge in [-0.3, -0.25) is 5.10 Å². The van der Waals surface area contributed by atoms with Crippen molar-refractivity contribution in [3.8, 4) is 22.9 Å². The number of nitrogens with zero attached hydrogens (tertiary/aromatic N) is 1. The van der Waals surface area contributed by atoms with Crippen LogP contribution in [0.4, 0.5) is 0 Å². The first-order chi connectivity index (χ1) is 15.6. The van der Waals surface area contributed by atoms with E-state index in [1.807, 2.05) is 36.4 Å². The Morgan fingerprint density at radius 2 is 1.81 bits per heavy atom. The molecule has 1 heterocycles. The Hall–Kier alpha value is -2.31. The summed E-state index contributed by atoms with van der Waals surface area (Å²) in [6.07, 6.45) is 4.05. The average molecular weight is 558 g/mol. The number of benzene rings is 3. The van der Waals surface area contributed by atoms with Crippen LogP contribution in [-0.2, 0) is 0 Å². The first-order valence-electron chi connectivity index (χ1n) is 10.9. The molecule has 4 aromatic rings. The summed E-state index contributed by atoms with van der Waals surface area (Å²) in [6.45, 7) is 2.77. The molecule has 1 N–H and O–H groups in total. The van der Waals surface area contributed by atoms with Gasteiger partial charge in [0.05, 0.1) is 16.8 Å². The molecule has 0 aliphatic heterocycles. The lowest BCUT2D eigenvalue weighted by Crippen LogP contribution is -2.20. The second-order valence-electron chi connectivity index (χ2n) is 7.75. The third-order valence-electron chi connectivity index (χ3n) is 5.38. The van der Waals surface area contributed by atoms with Crippen molar-refractivity contribution in [3.63, 3.8) is 0 Å². The summed E-state index contributed by atoms with van der Waals surface area (Å²) in [5, 5.41) is 9.74. The molecule has 0 aliphatic rings. The molecule has 0 saturated heterocycles. The maximum absolute atomic E-state index is 6.23. The molecule has 0 bridgehead atoms. The van der Waals surface area contributed by atoms with Crippen LogP contribution < -0.4 is 9.47 Å². The van der Waals surface area contributed by atoms with Crippen molar-refractivity contribution in [2.75, 3.05) is 6.61 Å². The summed E-state index contributed by atoms with van der Waals surface area (Å²) in [5.41, 5.74) is 2.05. The van der Waals surface area contributed by atoms with Crippen LogP contribution in [0, 0.1) is 0 Å². The molecule has 166 valence electrons. The molecule has 1 aromatic heterocycles. The SMILES string of the molecule is CCCCC(CCOc1ccc2cc(Br)ccc2c1Br)Oc1cc(-c2ccccc2)[nH]n1. The fourth-order valence-electron chi connectivity index (χ4n) is 3.65. The van der Waals surface area contributed by atoms with Gasteiger partial charge in [-0.05, 0) is 56.9 Å². The van der Waals surface area contributed by atoms with E-state index < -0.39 is 0 Å². The molecule has 4 rings (SSSR count). The Balaban J connectivity index is 1.39. The number of fused-ring (bicyclic) bond motifs is 1. The minimum atomic E-state index is 0.0528. The minimum Gasteiger partial charge on any atom is -0.492 e. The van der Waals surface area contributed by atoms with E-state index in [9.17, 15) is 0 Å². The highest BCUT2D eigenvalue weighted by Crippen LogP contribution is 2.34. The van der Waals surface area contributed by atoms with E-state index in [1.165, 1.54) is 0 Å². The van der Waals surface area contributed by atoms with Crippen LogP contribution in [0.15, 0.2) is 75.7 Å². The number of aromatic amines is 1. The van der Waals surface area contributed by atoms with Crippen LogP contribution in [0.5, 0.6) is 11.6 Å². The smallest absolute Gasteiger partial charge is 0.233 e. The highest BCUT2D eigenvalue weighted by atomic mass is 79.9. The first kappa shape index (κ1) is 22.9. The average Bonchev–Trinajstić information content (AvgIpc) is 3.28. The highest BCUT2D eigenvalue weighted by Gasteiger charge is 2.14. The van der Waals surface area contributed by atoms with Gasteiger partial charge in [0.25, 0.3) is 0 Å². The van der Waals surface area contributed by atoms with Crippen LogP contribution in [0.1, 0.15) is 32.6 Å². The predicted molar refractivity (Wildman–Crippen MR) is 137 cm³/mol. The Labute approximate surface area is 205 Å². The Kier molecular flexibility index (Phi) is 7.87. The van der Waals surface area contributed by atoms with Crippen LogP contribution in [-0.4, -0.2) is 22.9 Å². The van der Waals surface area contributed by atoms with Crippen molar-refractivity contribution >= 4 is 42.6 Å². The van der Waals surface area contributed by atoms with E-state index in [0.29, 0.717) is 12.5 Å². The lowest BCUT2D eigenvalue weighted by molar-refractivity contribution is 0.145. The van der Waals surface area contributed by atoms with Crippen LogP contribution in [0.2, 0.25) is 0 Å². The molecule has 1 unspecified atom stereocenters. The highest BCUT2D eigenvalue weighted by molar-refractivity contribution is 9.11. The molecule has 0 fully saturated rings. The lowest BCUT2D eigenvalue weighted by Gasteiger charge is -2.18. The maximum Gasteiger partial charge on any atom is 0.233 e. The van der Waals surface area contributed by atoms with Crippen LogP contribution in [0.3, 0.4) is 0 Å². The van der Waals surface area contributed by atoms with Gasteiger partial charge in [0.15, 0.2) is 0 Å². The topological polar surface area (TPSA) is 47.1 Å². The van der Waals surface area contributed by atoms with E-state index in [0.717, 1.165) is 62.4 Å². The van der Waals surface area contributed by atoms with Crippen molar-refractivity contribution < 1.29 is 9.47 Å². The fraction of sp³-hybridized carbons (Fsp3) is 0.269. The monoisotopic (exact) mass is 556 g/mol. The standard InChI is InChI=1S/C26H26Br2N2O2/c1-2-3-9-21(32-25-17-23(29-30-25)18-7-5-4-6-8-18)14-15-31-24-13-10-19-16-20(27)11-12-22(19)26(24)28/h4-8,10-13,16-17,21H,2-3,9,14-15H2,1H3,(H,29,30). The molecule has 32 heavy (non-hydrogen) atoms. The molecule has 0 amide bonds. The number of unbranched alkanes of at least 4 members (excludes halogenated alkanes) is 1. The van der Waals surface area contributed by atoms with Crippen molar-refractivity contribution in [1.82, 2.24) is 10.2 Å². The number of hydrogen-bond acceptors (Lipinski definition) is 3. The summed E-state index contributed by atoms with van der Waals surface area (Å²) in [7, 11) is 0. The Bertz CT molecular complexity index is 1160. The van der Waals surface area contributed by atoms with E-state index in [1.54, 1.807) is 0 Å². The quantitative estimate of drug-likeness (QED) is 0.214. The molecule has 0 saturated carbocycles. The third kappa shape index (κ3) is 5.73. The summed E-state index contributed by atoms with van der Waals surface area (Å²) in [5.74, 6) is 1.47. The third-order valence-corrected chi connectivity index (χ3v) is 6.70. The van der Waals surface area contributed by atoms with Crippen molar-refractivity contribution in [3.05, 3.63) is 75.7 Å². The second-order valence-corrected chi connectivity index (χ2v) is 9.46. The number of ether oxygens (including phenoxy) is 2. The number of hydrogen-bond donors (Lipinski definition) is 1. The Morgan fingerprint density at radius 1 is 0.969 bits per heavy atom. The van der Waals surface area contributed by atoms with Gasteiger partial charge in [-0.15, -0.1) is 5.10 Å². The Morgan fingerprint density at radius 3 is 2.62 bits per heavy atom. The first-order valence-corrected chi connectivity index (χ1v) is 12.5. The molecular weight excluding hydrogens is 532 g/mol. The number of rotatable bonds is 10. The number of halogens is 2. The minimum absolute atomic E-state index is 0.0528. The van der Waals surface area contributed by atoms with Gasteiger partial charge in [0.1, 0.15) is 11.9 Å². The number of nitrogens with one attached hydrogen (secondary N) is 1. The molecule has 1 atom stereocenters. The normalized spacial score (nSPS) is 12.1. The van der Waals surface area contributed by atoms with E-state index in [2.05, 4.69) is 79.3 Å². The summed E-state index contributed by atoms with van der Waals surface area (Å²) < 4.78 is 14.4. The zero-order chi connectivity index (χ0) is 22.3. The van der Waals surface area contributed by atoms with E-state index >= 15 is 0 Å². The molecule has 0 spiro atoms. The summed E-state index contributed by atoms with van der Waals surface area (Å²) in [6, 6.07) is 22.4. The predicted octanol–water partition coefficient (Wildman–Crippen LogP) is 8.16. The van der Waals surface area contributed by atoms with Crippen molar-refractivity contribution in [1.29, 1.82) is 0 Å². The lowest BCUT2D eigenvalue weighted by atomic mass is 10.1. The van der Waals surface area contributed by atoms with Gasteiger partial charge in [-0.25, -0.2) is 0 Å². The van der Waals surface area contributed by atoms with Gasteiger partial charge in [0, 0.05) is 17.0 Å². The molecule has 3 aromatic carbocycles. The maximum atomic E-state index is 6.23. The fourth-order valence-corrected chi connectivity index (χ4v) is 4.64. The van der Waals surface area contributed by atoms with Crippen LogP contribution in [0.25, 0.3) is 22.0 Å². The molecule has 0 radical (unpaired) electrons. The number of aromatic nitrogens is 2. The molecule has 0 aliphatic carbocycles. The second kappa shape index (κ2) is 11.0. The van der Waals surface area contributed by atoms with Gasteiger partial charge >= 0.3 is 0 Å². The van der Waals surface area contributed by atoms with Gasteiger partial charge in [-0.1, -0.05) is 78.2 Å². The van der Waals surface area contributed by atoms with E-state index in [-0.39, 0.29) is 6.10 Å². The largest absolute Gasteiger partial charge is 0.492 e. The zero-order valence-electron chi connectivity index (χ0n) is 18.0. The van der Waals surface area contributed by atoms with Gasteiger partial charge in [-0.2, -0.15) is 0 Å². The van der Waals surface area contributed by atoms with E-state index in [4.69, 9.17) is 9.47 Å². The molecule has 6 heteroatoms. The van der Waals surface area contributed by atoms with Crippen LogP contribution >= 0.6 is 31.9 Å². The van der Waals surface area contributed by atoms with Gasteiger partial charge in [0.2, 0.25) is 5.88 Å². The molecular formula is C26H26Br2N2O2. The zero-order valence-corrected chi connectivity index (χ0v) is 21.2.